The first-order chi connectivity index (χ1) is 10.3. The molecule has 2 N–H and O–H groups in total. The Morgan fingerprint density at radius 1 is 1.23 bits per heavy atom. The number of quaternary nitrogens is 1. The Hall–Kier alpha value is -1.62. The first-order valence-corrected chi connectivity index (χ1v) is 7.97. The number of aryl methyl sites for hydroxylation is 1. The van der Waals surface area contributed by atoms with Crippen LogP contribution in [0.15, 0.2) is 0 Å². The van der Waals surface area contributed by atoms with Gasteiger partial charge in [0.05, 0.1) is 31.5 Å². The number of ketones is 1. The summed E-state index contributed by atoms with van der Waals surface area (Å²) in [6, 6.07) is 0. The van der Waals surface area contributed by atoms with E-state index in [9.17, 15) is 9.59 Å². The zero-order chi connectivity index (χ0) is 16.4. The van der Waals surface area contributed by atoms with E-state index in [-0.39, 0.29) is 5.78 Å². The van der Waals surface area contributed by atoms with Crippen LogP contribution >= 0.6 is 0 Å². The number of H-pyrrole nitrogens is 1. The molecule has 22 heavy (non-hydrogen) atoms. The van der Waals surface area contributed by atoms with Crippen LogP contribution in [0.4, 0.5) is 0 Å². The minimum absolute atomic E-state index is 0.0760. The molecule has 1 fully saturated rings. The summed E-state index contributed by atoms with van der Waals surface area (Å²) >= 11 is 0. The van der Waals surface area contributed by atoms with Gasteiger partial charge in [0.1, 0.15) is 6.54 Å². The van der Waals surface area contributed by atoms with E-state index < -0.39 is 5.97 Å². The molecular formula is C17H27N2O3+. The third-order valence-electron chi connectivity index (χ3n) is 4.60. The summed E-state index contributed by atoms with van der Waals surface area (Å²) in [5.41, 5.74) is 2.44. The fraction of sp³-hybridized carbons (Fsp3) is 0.647. The molecule has 0 radical (unpaired) electrons. The van der Waals surface area contributed by atoms with Crippen molar-refractivity contribution >= 4 is 11.8 Å². The summed E-state index contributed by atoms with van der Waals surface area (Å²) in [5.74, 6) is 0.997. The summed E-state index contributed by atoms with van der Waals surface area (Å²) in [4.78, 5) is 28.8. The Labute approximate surface area is 132 Å². The molecule has 0 aliphatic carbocycles. The van der Waals surface area contributed by atoms with Crippen molar-refractivity contribution in [2.75, 3.05) is 26.7 Å². The normalized spacial score (nSPS) is 25.0. The molecule has 0 amide bonds. The van der Waals surface area contributed by atoms with E-state index >= 15 is 0 Å². The van der Waals surface area contributed by atoms with Crippen LogP contribution in [-0.2, 0) is 4.74 Å². The average Bonchev–Trinajstić information content (AvgIpc) is 2.72. The van der Waals surface area contributed by atoms with Gasteiger partial charge in [-0.1, -0.05) is 13.8 Å². The Balaban J connectivity index is 2.15. The summed E-state index contributed by atoms with van der Waals surface area (Å²) < 4.78 is 4.79. The summed E-state index contributed by atoms with van der Waals surface area (Å²) in [5, 5.41) is 0. The van der Waals surface area contributed by atoms with Crippen LogP contribution in [0, 0.1) is 25.7 Å². The highest BCUT2D eigenvalue weighted by Crippen LogP contribution is 2.19. The van der Waals surface area contributed by atoms with Gasteiger partial charge in [-0.2, -0.15) is 0 Å². The molecule has 0 aromatic carbocycles. The Bertz CT molecular complexity index is 567. The summed E-state index contributed by atoms with van der Waals surface area (Å²) in [6.07, 6.45) is 1.24. The number of carbonyl (C=O) groups excluding carboxylic acids is 2. The van der Waals surface area contributed by atoms with Crippen LogP contribution in [-0.4, -0.2) is 43.5 Å². The second-order valence-corrected chi connectivity index (χ2v) is 6.82. The van der Waals surface area contributed by atoms with Gasteiger partial charge in [-0.15, -0.1) is 0 Å². The molecule has 2 rings (SSSR count). The molecule has 1 aliphatic rings. The third-order valence-corrected chi connectivity index (χ3v) is 4.60. The average molecular weight is 307 g/mol. The minimum Gasteiger partial charge on any atom is -0.465 e. The van der Waals surface area contributed by atoms with Gasteiger partial charge < -0.3 is 14.6 Å². The lowest BCUT2D eigenvalue weighted by Crippen LogP contribution is -3.15. The zero-order valence-electron chi connectivity index (χ0n) is 14.2. The number of ether oxygens (including phenoxy) is 1. The van der Waals surface area contributed by atoms with E-state index in [0.717, 1.165) is 13.1 Å². The number of likely N-dealkylation sites (tertiary alicyclic amines) is 1. The molecule has 1 aromatic heterocycles. The molecule has 0 saturated carbocycles. The second-order valence-electron chi connectivity index (χ2n) is 6.82. The number of hydrogen-bond acceptors (Lipinski definition) is 3. The van der Waals surface area contributed by atoms with Crippen LogP contribution in [0.1, 0.15) is 52.4 Å². The van der Waals surface area contributed by atoms with Crippen molar-refractivity contribution in [2.45, 2.75) is 34.1 Å². The molecule has 0 bridgehead atoms. The summed E-state index contributed by atoms with van der Waals surface area (Å²) in [7, 11) is 1.36. The molecule has 2 atom stereocenters. The highest BCUT2D eigenvalue weighted by atomic mass is 16.5. The lowest BCUT2D eigenvalue weighted by atomic mass is 9.91. The number of carbonyl (C=O) groups is 2. The number of rotatable bonds is 4. The molecule has 5 nitrogen and oxygen atoms in total. The predicted octanol–water partition coefficient (Wildman–Crippen LogP) is 1.16. The number of piperidine rings is 1. The van der Waals surface area contributed by atoms with Crippen molar-refractivity contribution < 1.29 is 19.2 Å². The molecule has 1 aliphatic heterocycles. The van der Waals surface area contributed by atoms with Gasteiger partial charge in [0.15, 0.2) is 0 Å². The van der Waals surface area contributed by atoms with Gasteiger partial charge in [0.25, 0.3) is 0 Å². The monoisotopic (exact) mass is 307 g/mol. The number of esters is 1. The molecule has 0 unspecified atom stereocenters. The quantitative estimate of drug-likeness (QED) is 0.648. The van der Waals surface area contributed by atoms with Crippen molar-refractivity contribution in [1.82, 2.24) is 4.98 Å². The van der Waals surface area contributed by atoms with E-state index in [1.165, 1.54) is 18.4 Å². The van der Waals surface area contributed by atoms with Crippen molar-refractivity contribution in [3.05, 3.63) is 22.5 Å². The van der Waals surface area contributed by atoms with Crippen molar-refractivity contribution in [2.24, 2.45) is 11.8 Å². The van der Waals surface area contributed by atoms with Crippen LogP contribution in [0.5, 0.6) is 0 Å². The highest BCUT2D eigenvalue weighted by Gasteiger charge is 2.29. The molecule has 2 heterocycles. The highest BCUT2D eigenvalue weighted by molar-refractivity contribution is 6.01. The number of hydrogen-bond donors (Lipinski definition) is 2. The maximum absolute atomic E-state index is 12.6. The van der Waals surface area contributed by atoms with Crippen molar-refractivity contribution in [1.29, 1.82) is 0 Å². The second kappa shape index (κ2) is 6.65. The third kappa shape index (κ3) is 3.40. The van der Waals surface area contributed by atoms with Crippen molar-refractivity contribution in [3.8, 4) is 0 Å². The maximum Gasteiger partial charge on any atom is 0.339 e. The van der Waals surface area contributed by atoms with Gasteiger partial charge in [-0.3, -0.25) is 4.79 Å². The summed E-state index contributed by atoms with van der Waals surface area (Å²) in [6.45, 7) is 10.7. The number of Topliss-reactive ketones (excluding diaryl/α,β-unsaturated/α-hetero) is 1. The van der Waals surface area contributed by atoms with Crippen LogP contribution < -0.4 is 4.90 Å². The largest absolute Gasteiger partial charge is 0.465 e. The fourth-order valence-corrected chi connectivity index (χ4v) is 3.82. The number of aromatic amines is 1. The van der Waals surface area contributed by atoms with Crippen LogP contribution in [0.2, 0.25) is 0 Å². The molecule has 5 heteroatoms. The van der Waals surface area contributed by atoms with E-state index in [0.29, 0.717) is 40.9 Å². The lowest BCUT2D eigenvalue weighted by Gasteiger charge is -2.31. The Morgan fingerprint density at radius 2 is 1.82 bits per heavy atom. The standard InChI is InChI=1S/C17H26N2O3/c1-10-6-11(2)8-19(7-10)9-14(20)16-12(3)15(13(4)18-16)17(21)22-5/h10-11,18H,6-9H2,1-5H3/p+1/t10-,11-/m1/s1. The van der Waals surface area contributed by atoms with Gasteiger partial charge in [-0.05, 0) is 25.8 Å². The SMILES string of the molecule is COC(=O)c1c(C)[nH]c(C(=O)C[NH+]2C[C@H](C)C[C@@H](C)C2)c1C. The van der Waals surface area contributed by atoms with E-state index in [2.05, 4.69) is 18.8 Å². The topological polar surface area (TPSA) is 63.6 Å². The van der Waals surface area contributed by atoms with Gasteiger partial charge >= 0.3 is 5.97 Å². The van der Waals surface area contributed by atoms with E-state index in [1.54, 1.807) is 13.8 Å². The molecule has 1 aromatic rings. The van der Waals surface area contributed by atoms with Crippen LogP contribution in [0.3, 0.4) is 0 Å². The first-order valence-electron chi connectivity index (χ1n) is 7.97. The van der Waals surface area contributed by atoms with Crippen LogP contribution in [0.25, 0.3) is 0 Å². The fourth-order valence-electron chi connectivity index (χ4n) is 3.82. The van der Waals surface area contributed by atoms with Gasteiger partial charge in [0.2, 0.25) is 5.78 Å². The predicted molar refractivity (Wildman–Crippen MR) is 84.4 cm³/mol. The zero-order valence-corrected chi connectivity index (χ0v) is 14.2. The number of methoxy groups -OCH3 is 1. The molecular weight excluding hydrogens is 280 g/mol. The minimum atomic E-state index is -0.391. The number of nitrogens with one attached hydrogen (secondary N) is 2. The van der Waals surface area contributed by atoms with Gasteiger partial charge in [-0.25, -0.2) is 4.79 Å². The molecule has 1 saturated heterocycles. The molecule has 122 valence electrons. The van der Waals surface area contributed by atoms with Crippen molar-refractivity contribution in [3.63, 3.8) is 0 Å². The number of aromatic nitrogens is 1. The van der Waals surface area contributed by atoms with E-state index in [1.807, 2.05) is 0 Å². The smallest absolute Gasteiger partial charge is 0.339 e. The first kappa shape index (κ1) is 16.7. The Morgan fingerprint density at radius 3 is 2.36 bits per heavy atom. The maximum atomic E-state index is 12.6. The lowest BCUT2D eigenvalue weighted by molar-refractivity contribution is -0.903. The Kier molecular flexibility index (Phi) is 5.06. The van der Waals surface area contributed by atoms with Gasteiger partial charge in [0, 0.05) is 17.5 Å². The molecule has 0 spiro atoms. The van der Waals surface area contributed by atoms with E-state index in [4.69, 9.17) is 4.74 Å².